The maximum atomic E-state index is 13.4. The number of alkyl halides is 3. The monoisotopic (exact) mass is 556 g/mol. The third kappa shape index (κ3) is 6.50. The molecule has 2 amide bonds. The highest BCUT2D eigenvalue weighted by Gasteiger charge is 2.37. The number of amides is 2. The molecule has 0 spiro atoms. The van der Waals surface area contributed by atoms with Crippen LogP contribution in [0.3, 0.4) is 0 Å². The summed E-state index contributed by atoms with van der Waals surface area (Å²) in [6.45, 7) is 3.86. The molecule has 2 atom stereocenters. The van der Waals surface area contributed by atoms with Crippen molar-refractivity contribution in [3.8, 4) is 22.6 Å². The Hall–Kier alpha value is -4.21. The highest BCUT2D eigenvalue weighted by Crippen LogP contribution is 2.34. The van der Waals surface area contributed by atoms with Crippen LogP contribution in [0.2, 0.25) is 0 Å². The standard InChI is InChI=1S/C30H31F3N2O5/c1-19-25(8-6-10-27(19)40-20(2)28(36)37)21-11-13-24(14-12-21)39-16-15-23-18-35(29(38)34(23)3)17-22-7-4-5-9-26(22)30(31,32)33/h4-14,20,23H,15-18H2,1-3H3,(H,36,37). The Kier molecular flexibility index (Phi) is 8.56. The number of likely N-dealkylation sites (N-methyl/N-ethyl adjacent to an activating group) is 1. The molecule has 1 aliphatic heterocycles. The molecule has 1 heterocycles. The van der Waals surface area contributed by atoms with Crippen molar-refractivity contribution in [3.05, 3.63) is 83.4 Å². The van der Waals surface area contributed by atoms with E-state index in [0.29, 0.717) is 31.1 Å². The Morgan fingerprint density at radius 2 is 1.77 bits per heavy atom. The number of hydrogen-bond acceptors (Lipinski definition) is 4. The van der Waals surface area contributed by atoms with E-state index in [1.54, 1.807) is 24.1 Å². The molecular weight excluding hydrogens is 525 g/mol. The minimum atomic E-state index is -4.48. The van der Waals surface area contributed by atoms with E-state index in [2.05, 4.69) is 0 Å². The molecule has 7 nitrogen and oxygen atoms in total. The first kappa shape index (κ1) is 28.8. The first-order valence-corrected chi connectivity index (χ1v) is 12.8. The maximum absolute atomic E-state index is 13.4. The van der Waals surface area contributed by atoms with E-state index in [0.717, 1.165) is 22.8 Å². The predicted molar refractivity (Wildman–Crippen MR) is 143 cm³/mol. The van der Waals surface area contributed by atoms with Gasteiger partial charge in [0.2, 0.25) is 0 Å². The lowest BCUT2D eigenvalue weighted by Gasteiger charge is -2.19. The lowest BCUT2D eigenvalue weighted by molar-refractivity contribution is -0.144. The summed E-state index contributed by atoms with van der Waals surface area (Å²) in [7, 11) is 1.65. The van der Waals surface area contributed by atoms with Crippen molar-refractivity contribution in [1.29, 1.82) is 0 Å². The first-order valence-electron chi connectivity index (χ1n) is 12.8. The quantitative estimate of drug-likeness (QED) is 0.320. The second-order valence-electron chi connectivity index (χ2n) is 9.77. The van der Waals surface area contributed by atoms with Gasteiger partial charge in [0.05, 0.1) is 18.2 Å². The molecule has 0 bridgehead atoms. The molecule has 1 aliphatic rings. The van der Waals surface area contributed by atoms with E-state index in [9.17, 15) is 22.8 Å². The Labute approximate surface area is 230 Å². The van der Waals surface area contributed by atoms with E-state index < -0.39 is 23.8 Å². The van der Waals surface area contributed by atoms with Gasteiger partial charge in [-0.05, 0) is 60.4 Å². The Balaban J connectivity index is 1.34. The molecule has 1 saturated heterocycles. The van der Waals surface area contributed by atoms with Crippen LogP contribution < -0.4 is 9.47 Å². The Bertz CT molecular complexity index is 1360. The van der Waals surface area contributed by atoms with Crippen LogP contribution in [0.4, 0.5) is 18.0 Å². The average Bonchev–Trinajstić information content (AvgIpc) is 3.17. The van der Waals surface area contributed by atoms with Gasteiger partial charge in [0.15, 0.2) is 6.10 Å². The number of carbonyl (C=O) groups excluding carboxylic acids is 1. The zero-order valence-corrected chi connectivity index (χ0v) is 22.4. The molecule has 0 aromatic heterocycles. The number of benzene rings is 3. The number of carboxylic acid groups (broad SMARTS) is 1. The van der Waals surface area contributed by atoms with Crippen molar-refractivity contribution < 1.29 is 37.3 Å². The van der Waals surface area contributed by atoms with Crippen molar-refractivity contribution in [1.82, 2.24) is 9.80 Å². The molecule has 3 aromatic rings. The lowest BCUT2D eigenvalue weighted by atomic mass is 10.00. The fourth-order valence-corrected chi connectivity index (χ4v) is 4.73. The van der Waals surface area contributed by atoms with Gasteiger partial charge in [-0.3, -0.25) is 0 Å². The van der Waals surface area contributed by atoms with E-state index in [1.165, 1.54) is 30.0 Å². The van der Waals surface area contributed by atoms with Crippen molar-refractivity contribution in [2.24, 2.45) is 0 Å². The largest absolute Gasteiger partial charge is 0.494 e. The van der Waals surface area contributed by atoms with Crippen LogP contribution in [0.1, 0.15) is 30.0 Å². The van der Waals surface area contributed by atoms with Crippen LogP contribution >= 0.6 is 0 Å². The van der Waals surface area contributed by atoms with Gasteiger partial charge in [0.1, 0.15) is 11.5 Å². The predicted octanol–water partition coefficient (Wildman–Crippen LogP) is 6.24. The van der Waals surface area contributed by atoms with Gasteiger partial charge in [-0.1, -0.05) is 42.5 Å². The van der Waals surface area contributed by atoms with E-state index in [1.807, 2.05) is 37.3 Å². The summed E-state index contributed by atoms with van der Waals surface area (Å²) in [5, 5.41) is 9.13. The maximum Gasteiger partial charge on any atom is 0.416 e. The van der Waals surface area contributed by atoms with Crippen LogP contribution in [0, 0.1) is 6.92 Å². The summed E-state index contributed by atoms with van der Waals surface area (Å²) >= 11 is 0. The van der Waals surface area contributed by atoms with Gasteiger partial charge in [-0.25, -0.2) is 9.59 Å². The number of ether oxygens (including phenoxy) is 2. The number of carbonyl (C=O) groups is 2. The minimum absolute atomic E-state index is 0.0671. The highest BCUT2D eigenvalue weighted by atomic mass is 19.4. The SMILES string of the molecule is Cc1c(OC(C)C(=O)O)cccc1-c1ccc(OCCC2CN(Cc3ccccc3C(F)(F)F)C(=O)N2C)cc1. The summed E-state index contributed by atoms with van der Waals surface area (Å²) in [6, 6.07) is 17.7. The van der Waals surface area contributed by atoms with Crippen LogP contribution in [-0.4, -0.2) is 59.3 Å². The smallest absolute Gasteiger partial charge is 0.416 e. The second kappa shape index (κ2) is 11.9. The molecule has 0 radical (unpaired) electrons. The van der Waals surface area contributed by atoms with Crippen molar-refractivity contribution in [2.75, 3.05) is 20.2 Å². The molecule has 10 heteroatoms. The molecule has 0 aliphatic carbocycles. The van der Waals surface area contributed by atoms with E-state index in [4.69, 9.17) is 14.6 Å². The highest BCUT2D eigenvalue weighted by molar-refractivity contribution is 5.77. The van der Waals surface area contributed by atoms with E-state index in [-0.39, 0.29) is 24.2 Å². The normalized spacial score (nSPS) is 16.2. The molecule has 1 N–H and O–H groups in total. The molecule has 40 heavy (non-hydrogen) atoms. The Morgan fingerprint density at radius 3 is 2.45 bits per heavy atom. The van der Waals surface area contributed by atoms with Crippen LogP contribution in [0.15, 0.2) is 66.7 Å². The zero-order valence-electron chi connectivity index (χ0n) is 22.4. The van der Waals surface area contributed by atoms with Crippen LogP contribution in [-0.2, 0) is 17.5 Å². The number of hydrogen-bond donors (Lipinski definition) is 1. The Morgan fingerprint density at radius 1 is 1.07 bits per heavy atom. The van der Waals surface area contributed by atoms with Crippen molar-refractivity contribution in [3.63, 3.8) is 0 Å². The average molecular weight is 557 g/mol. The topological polar surface area (TPSA) is 79.3 Å². The third-order valence-corrected chi connectivity index (χ3v) is 7.06. The fourth-order valence-electron chi connectivity index (χ4n) is 4.73. The molecule has 3 aromatic carbocycles. The summed E-state index contributed by atoms with van der Waals surface area (Å²) in [5.74, 6) is 0.0918. The number of rotatable bonds is 10. The van der Waals surface area contributed by atoms with Gasteiger partial charge >= 0.3 is 18.2 Å². The van der Waals surface area contributed by atoms with Gasteiger partial charge in [0.25, 0.3) is 0 Å². The van der Waals surface area contributed by atoms with E-state index >= 15 is 0 Å². The van der Waals surface area contributed by atoms with Crippen LogP contribution in [0.5, 0.6) is 11.5 Å². The zero-order chi connectivity index (χ0) is 29.0. The van der Waals surface area contributed by atoms with Crippen molar-refractivity contribution >= 4 is 12.0 Å². The lowest BCUT2D eigenvalue weighted by Crippen LogP contribution is -2.32. The number of urea groups is 1. The molecule has 2 unspecified atom stereocenters. The summed E-state index contributed by atoms with van der Waals surface area (Å²) in [5.41, 5.74) is 1.97. The first-order chi connectivity index (χ1) is 19.0. The minimum Gasteiger partial charge on any atom is -0.494 e. The number of halogens is 3. The van der Waals surface area contributed by atoms with Crippen molar-refractivity contribution in [2.45, 2.75) is 45.1 Å². The second-order valence-corrected chi connectivity index (χ2v) is 9.77. The summed E-state index contributed by atoms with van der Waals surface area (Å²) in [6.07, 6.45) is -4.94. The van der Waals surface area contributed by atoms with Gasteiger partial charge < -0.3 is 24.4 Å². The van der Waals surface area contributed by atoms with Gasteiger partial charge in [-0.2, -0.15) is 13.2 Å². The van der Waals surface area contributed by atoms with Crippen LogP contribution in [0.25, 0.3) is 11.1 Å². The molecule has 212 valence electrons. The number of aliphatic carboxylic acids is 1. The molecule has 4 rings (SSSR count). The number of nitrogens with zero attached hydrogens (tertiary/aromatic N) is 2. The van der Waals surface area contributed by atoms with Gasteiger partial charge in [-0.15, -0.1) is 0 Å². The molecular formula is C30H31F3N2O5. The molecule has 0 saturated carbocycles. The molecule has 1 fully saturated rings. The number of carboxylic acids is 1. The third-order valence-electron chi connectivity index (χ3n) is 7.06. The fraction of sp³-hybridized carbons (Fsp3) is 0.333. The summed E-state index contributed by atoms with van der Waals surface area (Å²) in [4.78, 5) is 26.9. The van der Waals surface area contributed by atoms with Gasteiger partial charge in [0, 0.05) is 26.6 Å². The summed E-state index contributed by atoms with van der Waals surface area (Å²) < 4.78 is 51.6.